The lowest BCUT2D eigenvalue weighted by Crippen LogP contribution is -2.44. The number of urea groups is 1. The molecule has 1 atom stereocenters. The zero-order valence-corrected chi connectivity index (χ0v) is 18.1. The first kappa shape index (κ1) is 23.5. The van der Waals surface area contributed by atoms with E-state index in [4.69, 9.17) is 0 Å². The highest BCUT2D eigenvalue weighted by atomic mass is 19.1. The molecule has 0 aromatic heterocycles. The van der Waals surface area contributed by atoms with Crippen molar-refractivity contribution in [3.05, 3.63) is 84.2 Å². The van der Waals surface area contributed by atoms with Gasteiger partial charge in [-0.15, -0.1) is 0 Å². The molecule has 0 spiro atoms. The fourth-order valence-electron chi connectivity index (χ4n) is 3.12. The van der Waals surface area contributed by atoms with Gasteiger partial charge in [-0.1, -0.05) is 38.1 Å². The van der Waals surface area contributed by atoms with Gasteiger partial charge >= 0.3 is 12.0 Å². The minimum absolute atomic E-state index is 0.240. The van der Waals surface area contributed by atoms with Crippen LogP contribution in [0.4, 0.5) is 20.6 Å². The molecule has 3 amide bonds. The Kier molecular flexibility index (Phi) is 7.40. The van der Waals surface area contributed by atoms with E-state index in [0.29, 0.717) is 16.9 Å². The average molecular weight is 449 g/mol. The molecule has 170 valence electrons. The molecular formula is C25H24FN3O4. The van der Waals surface area contributed by atoms with Crippen molar-refractivity contribution in [1.82, 2.24) is 5.32 Å². The Morgan fingerprint density at radius 2 is 1.21 bits per heavy atom. The molecule has 3 aromatic rings. The Labute approximate surface area is 190 Å². The number of hydrogen-bond donors (Lipinski definition) is 4. The maximum Gasteiger partial charge on any atom is 0.326 e. The number of hydrogen-bond acceptors (Lipinski definition) is 3. The molecule has 7 nitrogen and oxygen atoms in total. The molecule has 0 radical (unpaired) electrons. The second kappa shape index (κ2) is 10.4. The molecule has 0 unspecified atom stereocenters. The van der Waals surface area contributed by atoms with E-state index in [9.17, 15) is 23.9 Å². The van der Waals surface area contributed by atoms with Gasteiger partial charge in [0, 0.05) is 16.9 Å². The first-order valence-corrected chi connectivity index (χ1v) is 10.3. The van der Waals surface area contributed by atoms with Crippen molar-refractivity contribution in [3.63, 3.8) is 0 Å². The summed E-state index contributed by atoms with van der Waals surface area (Å²) in [6.45, 7) is 3.46. The second-order valence-corrected chi connectivity index (χ2v) is 7.77. The lowest BCUT2D eigenvalue weighted by Gasteiger charge is -2.18. The van der Waals surface area contributed by atoms with Gasteiger partial charge in [0.05, 0.1) is 0 Å². The zero-order chi connectivity index (χ0) is 24.0. The first-order chi connectivity index (χ1) is 15.7. The molecule has 3 rings (SSSR count). The zero-order valence-electron chi connectivity index (χ0n) is 18.1. The van der Waals surface area contributed by atoms with E-state index in [1.165, 1.54) is 24.3 Å². The third-order valence-electron chi connectivity index (χ3n) is 4.94. The van der Waals surface area contributed by atoms with Gasteiger partial charge in [0.15, 0.2) is 0 Å². The molecule has 0 bridgehead atoms. The normalized spacial score (nSPS) is 11.5. The Morgan fingerprint density at radius 3 is 1.67 bits per heavy atom. The van der Waals surface area contributed by atoms with Gasteiger partial charge in [0.25, 0.3) is 5.91 Å². The number of rotatable bonds is 7. The molecule has 8 heteroatoms. The number of benzene rings is 3. The van der Waals surface area contributed by atoms with Gasteiger partial charge < -0.3 is 21.1 Å². The van der Waals surface area contributed by atoms with Crippen molar-refractivity contribution in [2.75, 3.05) is 10.6 Å². The number of carboxylic acid groups (broad SMARTS) is 1. The predicted octanol–water partition coefficient (Wildman–Crippen LogP) is 4.98. The van der Waals surface area contributed by atoms with Crippen LogP contribution in [0, 0.1) is 11.7 Å². The van der Waals surface area contributed by atoms with Gasteiger partial charge in [-0.05, 0) is 65.6 Å². The van der Waals surface area contributed by atoms with Crippen LogP contribution in [0.3, 0.4) is 0 Å². The summed E-state index contributed by atoms with van der Waals surface area (Å²) in [5, 5.41) is 17.1. The summed E-state index contributed by atoms with van der Waals surface area (Å²) in [4.78, 5) is 35.7. The highest BCUT2D eigenvalue weighted by molar-refractivity contribution is 6.00. The molecule has 3 aromatic carbocycles. The van der Waals surface area contributed by atoms with Crippen LogP contribution in [-0.4, -0.2) is 29.1 Å². The summed E-state index contributed by atoms with van der Waals surface area (Å²) in [6.07, 6.45) is 0. The summed E-state index contributed by atoms with van der Waals surface area (Å²) < 4.78 is 12.9. The monoisotopic (exact) mass is 449 g/mol. The number of halogens is 1. The van der Waals surface area contributed by atoms with E-state index >= 15 is 0 Å². The minimum Gasteiger partial charge on any atom is -0.480 e. The SMILES string of the molecule is CC(C)[C@@H](NC(=O)c1ccc(-c2ccc(NC(=O)Nc3ccc(F)cc3)cc2)cc1)C(=O)O. The molecule has 0 heterocycles. The van der Waals surface area contributed by atoms with Crippen molar-refractivity contribution in [3.8, 4) is 11.1 Å². The first-order valence-electron chi connectivity index (χ1n) is 10.3. The van der Waals surface area contributed by atoms with Crippen molar-refractivity contribution in [2.45, 2.75) is 19.9 Å². The fraction of sp³-hybridized carbons (Fsp3) is 0.160. The predicted molar refractivity (Wildman–Crippen MR) is 125 cm³/mol. The topological polar surface area (TPSA) is 108 Å². The molecule has 4 N–H and O–H groups in total. The molecule has 0 saturated heterocycles. The molecule has 0 fully saturated rings. The van der Waals surface area contributed by atoms with Crippen LogP contribution in [0.15, 0.2) is 72.8 Å². The third kappa shape index (κ3) is 6.39. The summed E-state index contributed by atoms with van der Waals surface area (Å²) in [6, 6.07) is 17.9. The van der Waals surface area contributed by atoms with Crippen LogP contribution in [0.1, 0.15) is 24.2 Å². The minimum atomic E-state index is -1.07. The molecule has 0 aliphatic carbocycles. The molecule has 0 aliphatic rings. The fourth-order valence-corrected chi connectivity index (χ4v) is 3.12. The van der Waals surface area contributed by atoms with E-state index in [-0.39, 0.29) is 11.7 Å². The number of amides is 3. The van der Waals surface area contributed by atoms with E-state index in [1.807, 2.05) is 12.1 Å². The van der Waals surface area contributed by atoms with Crippen molar-refractivity contribution >= 4 is 29.3 Å². The summed E-state index contributed by atoms with van der Waals surface area (Å²) in [5.74, 6) is -2.15. The van der Waals surface area contributed by atoms with Crippen molar-refractivity contribution in [1.29, 1.82) is 0 Å². The largest absolute Gasteiger partial charge is 0.480 e. The van der Waals surface area contributed by atoms with Crippen LogP contribution in [0.25, 0.3) is 11.1 Å². The van der Waals surface area contributed by atoms with E-state index in [1.54, 1.807) is 50.2 Å². The van der Waals surface area contributed by atoms with Gasteiger partial charge in [0.1, 0.15) is 11.9 Å². The molecule has 0 saturated carbocycles. The highest BCUT2D eigenvalue weighted by Gasteiger charge is 2.23. The Bertz CT molecular complexity index is 1130. The van der Waals surface area contributed by atoms with Crippen LogP contribution in [-0.2, 0) is 4.79 Å². The smallest absolute Gasteiger partial charge is 0.326 e. The van der Waals surface area contributed by atoms with Crippen LogP contribution in [0.5, 0.6) is 0 Å². The van der Waals surface area contributed by atoms with Gasteiger partial charge in [-0.2, -0.15) is 0 Å². The summed E-state index contributed by atoms with van der Waals surface area (Å²) in [5.41, 5.74) is 3.13. The maximum absolute atomic E-state index is 12.9. The maximum atomic E-state index is 12.9. The average Bonchev–Trinajstić information content (AvgIpc) is 2.79. The van der Waals surface area contributed by atoms with E-state index in [0.717, 1.165) is 11.1 Å². The number of nitrogens with one attached hydrogen (secondary N) is 3. The number of anilines is 2. The third-order valence-corrected chi connectivity index (χ3v) is 4.94. The lowest BCUT2D eigenvalue weighted by molar-refractivity contribution is -0.140. The molecule has 33 heavy (non-hydrogen) atoms. The van der Waals surface area contributed by atoms with E-state index in [2.05, 4.69) is 16.0 Å². The number of carboxylic acids is 1. The molecule has 0 aliphatic heterocycles. The quantitative estimate of drug-likeness (QED) is 0.408. The number of carbonyl (C=O) groups is 3. The van der Waals surface area contributed by atoms with Crippen molar-refractivity contribution in [2.24, 2.45) is 5.92 Å². The summed E-state index contributed by atoms with van der Waals surface area (Å²) in [7, 11) is 0. The van der Waals surface area contributed by atoms with Gasteiger partial charge in [-0.25, -0.2) is 14.0 Å². The second-order valence-electron chi connectivity index (χ2n) is 7.77. The molecular weight excluding hydrogens is 425 g/mol. The standard InChI is InChI=1S/C25H24FN3O4/c1-15(2)22(24(31)32)29-23(30)18-5-3-16(4-6-18)17-7-11-20(12-8-17)27-25(33)28-21-13-9-19(26)10-14-21/h3-15,22H,1-2H3,(H,29,30)(H,31,32)(H2,27,28,33)/t22-/m1/s1. The Morgan fingerprint density at radius 1 is 0.758 bits per heavy atom. The summed E-state index contributed by atoms with van der Waals surface area (Å²) >= 11 is 0. The van der Waals surface area contributed by atoms with Gasteiger partial charge in [0.2, 0.25) is 0 Å². The number of carbonyl (C=O) groups excluding carboxylic acids is 2. The van der Waals surface area contributed by atoms with E-state index < -0.39 is 23.9 Å². The van der Waals surface area contributed by atoms with Crippen LogP contribution in [0.2, 0.25) is 0 Å². The van der Waals surface area contributed by atoms with Crippen molar-refractivity contribution < 1.29 is 23.9 Å². The van der Waals surface area contributed by atoms with Crippen LogP contribution < -0.4 is 16.0 Å². The Hall–Kier alpha value is -4.20. The van der Waals surface area contributed by atoms with Crippen LogP contribution >= 0.6 is 0 Å². The lowest BCUT2D eigenvalue weighted by atomic mass is 10.0. The number of aliphatic carboxylic acids is 1. The Balaban J connectivity index is 1.61. The van der Waals surface area contributed by atoms with Gasteiger partial charge in [-0.3, -0.25) is 4.79 Å². The highest BCUT2D eigenvalue weighted by Crippen LogP contribution is 2.22.